The highest BCUT2D eigenvalue weighted by atomic mass is 19.1. The van der Waals surface area contributed by atoms with Gasteiger partial charge in [-0.1, -0.05) is 0 Å². The van der Waals surface area contributed by atoms with E-state index in [0.29, 0.717) is 31.8 Å². The first kappa shape index (κ1) is 19.8. The molecule has 0 bridgehead atoms. The number of ether oxygens (including phenoxy) is 2. The van der Waals surface area contributed by atoms with E-state index in [1.807, 2.05) is 0 Å². The van der Waals surface area contributed by atoms with E-state index >= 15 is 4.39 Å². The van der Waals surface area contributed by atoms with Gasteiger partial charge in [-0.15, -0.1) is 0 Å². The number of rotatable bonds is 4. The fourth-order valence-electron chi connectivity index (χ4n) is 5.01. The van der Waals surface area contributed by atoms with Crippen LogP contribution in [-0.2, 0) is 4.74 Å². The van der Waals surface area contributed by atoms with E-state index in [2.05, 4.69) is 10.8 Å². The van der Waals surface area contributed by atoms with Gasteiger partial charge in [-0.3, -0.25) is 4.79 Å². The van der Waals surface area contributed by atoms with Crippen molar-refractivity contribution in [1.82, 2.24) is 4.57 Å². The number of nitrogens with two attached hydrogens (primary N) is 1. The maximum Gasteiger partial charge on any atom is 0.511 e. The van der Waals surface area contributed by atoms with Crippen LogP contribution in [0.2, 0.25) is 0 Å². The summed E-state index contributed by atoms with van der Waals surface area (Å²) >= 11 is 0. The van der Waals surface area contributed by atoms with E-state index in [4.69, 9.17) is 15.6 Å². The number of halogens is 1. The van der Waals surface area contributed by atoms with Gasteiger partial charge in [0, 0.05) is 38.2 Å². The maximum atomic E-state index is 15.4. The van der Waals surface area contributed by atoms with Crippen LogP contribution in [0.3, 0.4) is 0 Å². The zero-order valence-corrected chi connectivity index (χ0v) is 16.6. The summed E-state index contributed by atoms with van der Waals surface area (Å²) in [5, 5.41) is 18.9. The molecular weight excluding hydrogens is 407 g/mol. The molecule has 0 radical (unpaired) electrons. The Bertz CT molecular complexity index is 1200. The number of anilines is 1. The number of fused-ring (bicyclic) bond motifs is 2. The fourth-order valence-corrected chi connectivity index (χ4v) is 5.01. The van der Waals surface area contributed by atoms with Gasteiger partial charge in [-0.25, -0.2) is 9.18 Å². The third kappa shape index (κ3) is 2.96. The second-order valence-corrected chi connectivity index (χ2v) is 8.40. The van der Waals surface area contributed by atoms with Crippen molar-refractivity contribution < 1.29 is 23.8 Å². The lowest BCUT2D eigenvalue weighted by molar-refractivity contribution is 0.0126. The smallest absolute Gasteiger partial charge is 0.449 e. The van der Waals surface area contributed by atoms with Gasteiger partial charge in [0.1, 0.15) is 23.1 Å². The molecule has 2 unspecified atom stereocenters. The summed E-state index contributed by atoms with van der Waals surface area (Å²) in [6, 6.07) is 3.15. The molecule has 162 valence electrons. The second kappa shape index (κ2) is 6.93. The van der Waals surface area contributed by atoms with Crippen molar-refractivity contribution in [1.29, 1.82) is 5.26 Å². The molecule has 3 fully saturated rings. The summed E-state index contributed by atoms with van der Waals surface area (Å²) in [7, 11) is 0. The molecule has 2 aromatic rings. The van der Waals surface area contributed by atoms with Crippen molar-refractivity contribution in [3.05, 3.63) is 33.9 Å². The zero-order valence-electron chi connectivity index (χ0n) is 16.6. The van der Waals surface area contributed by atoms with Crippen LogP contribution in [0.25, 0.3) is 10.9 Å². The number of nitrogens with zero attached hydrogens (tertiary/aromatic N) is 3. The van der Waals surface area contributed by atoms with E-state index in [9.17, 15) is 14.9 Å². The van der Waals surface area contributed by atoms with Gasteiger partial charge in [0.05, 0.1) is 22.8 Å². The Kier molecular flexibility index (Phi) is 4.42. The molecule has 0 spiro atoms. The van der Waals surface area contributed by atoms with Gasteiger partial charge in [-0.05, 0) is 25.3 Å². The molecule has 1 aliphatic carbocycles. The van der Waals surface area contributed by atoms with Crippen LogP contribution >= 0.6 is 0 Å². The van der Waals surface area contributed by atoms with Gasteiger partial charge in [0.25, 0.3) is 0 Å². The van der Waals surface area contributed by atoms with Crippen LogP contribution in [0, 0.1) is 23.1 Å². The van der Waals surface area contributed by atoms with E-state index in [1.54, 1.807) is 9.47 Å². The quantitative estimate of drug-likeness (QED) is 0.707. The highest BCUT2D eigenvalue weighted by Gasteiger charge is 2.51. The Labute approximate surface area is 176 Å². The maximum absolute atomic E-state index is 15.4. The van der Waals surface area contributed by atoms with Crippen molar-refractivity contribution in [2.24, 2.45) is 11.7 Å². The minimum atomic E-state index is -1.63. The molecule has 1 aromatic heterocycles. The summed E-state index contributed by atoms with van der Waals surface area (Å²) in [5.74, 6) is -0.992. The molecule has 9 nitrogen and oxygen atoms in total. The minimum Gasteiger partial charge on any atom is -0.449 e. The zero-order chi connectivity index (χ0) is 21.9. The highest BCUT2D eigenvalue weighted by Crippen LogP contribution is 2.44. The third-order valence-electron chi connectivity index (χ3n) is 6.62. The van der Waals surface area contributed by atoms with Crippen molar-refractivity contribution in [2.45, 2.75) is 30.9 Å². The molecule has 2 saturated heterocycles. The van der Waals surface area contributed by atoms with E-state index in [1.165, 1.54) is 6.20 Å². The third-order valence-corrected chi connectivity index (χ3v) is 6.62. The standard InChI is InChI=1S/C21H21FN4O5/c22-15-5-13-17(26(12-1-2-12)8-16(19(13)27)31-20(28)29)14(6-23)18(15)25-7-11-3-4-30-21(11,9-24)10-25/h5,8,11-12H,1-4,7,9-10,24H2,(H,28,29). The first-order valence-corrected chi connectivity index (χ1v) is 10.2. The molecule has 10 heteroatoms. The van der Waals surface area contributed by atoms with Crippen molar-refractivity contribution in [3.8, 4) is 11.8 Å². The Hall–Kier alpha value is -3.16. The molecule has 5 rings (SSSR count). The number of nitriles is 1. The average Bonchev–Trinajstić information content (AvgIpc) is 3.40. The normalized spacial score (nSPS) is 24.9. The molecule has 1 aromatic carbocycles. The minimum absolute atomic E-state index is 0.0127. The molecule has 3 heterocycles. The summed E-state index contributed by atoms with van der Waals surface area (Å²) in [4.78, 5) is 25.6. The molecular formula is C21H21FN4O5. The van der Waals surface area contributed by atoms with Gasteiger partial charge in [0.2, 0.25) is 5.43 Å². The number of hydrogen-bond acceptors (Lipinski definition) is 7. The number of pyridine rings is 1. The Morgan fingerprint density at radius 3 is 2.84 bits per heavy atom. The Morgan fingerprint density at radius 1 is 1.45 bits per heavy atom. The Morgan fingerprint density at radius 2 is 2.23 bits per heavy atom. The van der Waals surface area contributed by atoms with E-state index in [0.717, 1.165) is 25.3 Å². The number of carbonyl (C=O) groups is 1. The first-order chi connectivity index (χ1) is 14.9. The van der Waals surface area contributed by atoms with Crippen molar-refractivity contribution in [2.75, 3.05) is 31.1 Å². The average molecular weight is 428 g/mol. The summed E-state index contributed by atoms with van der Waals surface area (Å²) in [6.45, 7) is 1.77. The van der Waals surface area contributed by atoms with Gasteiger partial charge >= 0.3 is 6.16 Å². The van der Waals surface area contributed by atoms with Crippen LogP contribution in [0.4, 0.5) is 14.9 Å². The predicted octanol–water partition coefficient (Wildman–Crippen LogP) is 1.96. The molecule has 2 aliphatic heterocycles. The van der Waals surface area contributed by atoms with Crippen LogP contribution in [-0.4, -0.2) is 47.7 Å². The van der Waals surface area contributed by atoms with E-state index in [-0.39, 0.29) is 28.6 Å². The molecule has 3 N–H and O–H groups in total. The lowest BCUT2D eigenvalue weighted by Crippen LogP contribution is -2.44. The van der Waals surface area contributed by atoms with Crippen LogP contribution < -0.4 is 20.8 Å². The number of hydrogen-bond donors (Lipinski definition) is 2. The summed E-state index contributed by atoms with van der Waals surface area (Å²) < 4.78 is 27.6. The lowest BCUT2D eigenvalue weighted by Gasteiger charge is -2.27. The fraction of sp³-hybridized carbons (Fsp3) is 0.476. The van der Waals surface area contributed by atoms with Crippen LogP contribution in [0.5, 0.6) is 5.75 Å². The van der Waals surface area contributed by atoms with Crippen molar-refractivity contribution >= 4 is 22.7 Å². The molecule has 0 amide bonds. The monoisotopic (exact) mass is 428 g/mol. The van der Waals surface area contributed by atoms with Crippen LogP contribution in [0.15, 0.2) is 17.1 Å². The van der Waals surface area contributed by atoms with Gasteiger partial charge in [0.15, 0.2) is 5.75 Å². The number of aromatic nitrogens is 1. The SMILES string of the molecule is N#Cc1c(N2CC3CCOC3(CN)C2)c(F)cc2c(=O)c(OC(=O)O)cn(C3CC3)c12. The predicted molar refractivity (Wildman–Crippen MR) is 108 cm³/mol. The van der Waals surface area contributed by atoms with Gasteiger partial charge in [-0.2, -0.15) is 5.26 Å². The second-order valence-electron chi connectivity index (χ2n) is 8.40. The lowest BCUT2D eigenvalue weighted by atomic mass is 9.91. The van der Waals surface area contributed by atoms with E-state index < -0.39 is 28.8 Å². The Balaban J connectivity index is 1.72. The van der Waals surface area contributed by atoms with Crippen molar-refractivity contribution in [3.63, 3.8) is 0 Å². The molecule has 3 aliphatic rings. The van der Waals surface area contributed by atoms with Crippen LogP contribution in [0.1, 0.15) is 30.9 Å². The highest BCUT2D eigenvalue weighted by molar-refractivity contribution is 5.92. The largest absolute Gasteiger partial charge is 0.511 e. The summed E-state index contributed by atoms with van der Waals surface area (Å²) in [5.41, 5.74) is 5.12. The topological polar surface area (TPSA) is 131 Å². The molecule has 1 saturated carbocycles. The van der Waals surface area contributed by atoms with Gasteiger partial charge < -0.3 is 29.8 Å². The molecule has 2 atom stereocenters. The number of benzene rings is 1. The summed E-state index contributed by atoms with van der Waals surface area (Å²) in [6.07, 6.45) is 2.10. The first-order valence-electron chi connectivity index (χ1n) is 10.2. The molecule has 31 heavy (non-hydrogen) atoms. The number of carboxylic acid groups (broad SMARTS) is 1.